The van der Waals surface area contributed by atoms with E-state index in [9.17, 15) is 0 Å². The lowest BCUT2D eigenvalue weighted by Crippen LogP contribution is -2.02. The lowest BCUT2D eigenvalue weighted by molar-refractivity contribution is 0.769. The molecule has 0 radical (unpaired) electrons. The molecule has 0 fully saturated rings. The first-order chi connectivity index (χ1) is 7.76. The van der Waals surface area contributed by atoms with Gasteiger partial charge in [0.25, 0.3) is 0 Å². The minimum absolute atomic E-state index is 0.873. The van der Waals surface area contributed by atoms with Crippen molar-refractivity contribution in [3.05, 3.63) is 24.2 Å². The fourth-order valence-corrected chi connectivity index (χ4v) is 1.72. The van der Waals surface area contributed by atoms with Crippen LogP contribution in [0.3, 0.4) is 0 Å². The summed E-state index contributed by atoms with van der Waals surface area (Å²) in [4.78, 5) is 8.52. The van der Waals surface area contributed by atoms with Crippen LogP contribution in [0, 0.1) is 0 Å². The van der Waals surface area contributed by atoms with E-state index in [4.69, 9.17) is 0 Å². The molecule has 0 aliphatic carbocycles. The summed E-state index contributed by atoms with van der Waals surface area (Å²) in [6, 6.07) is 1.96. The highest BCUT2D eigenvalue weighted by molar-refractivity contribution is 5.64. The highest BCUT2D eigenvalue weighted by Gasteiger charge is 2.12. The summed E-state index contributed by atoms with van der Waals surface area (Å²) in [6.07, 6.45) is 4.36. The van der Waals surface area contributed by atoms with Crippen LogP contribution in [0.25, 0.3) is 11.4 Å². The quantitative estimate of drug-likeness (QED) is 0.846. The highest BCUT2D eigenvalue weighted by atomic mass is 15.2. The number of anilines is 1. The second kappa shape index (κ2) is 4.30. The Balaban J connectivity index is 2.56. The van der Waals surface area contributed by atoms with Gasteiger partial charge in [0, 0.05) is 25.9 Å². The molecule has 0 aromatic carbocycles. The minimum Gasteiger partial charge on any atom is -0.373 e. The van der Waals surface area contributed by atoms with Gasteiger partial charge in [-0.05, 0) is 12.5 Å². The van der Waals surface area contributed by atoms with Crippen LogP contribution in [0.4, 0.5) is 5.82 Å². The number of hydrogen-bond donors (Lipinski definition) is 1. The van der Waals surface area contributed by atoms with Crippen molar-refractivity contribution < 1.29 is 0 Å². The first-order valence-corrected chi connectivity index (χ1v) is 5.28. The molecule has 0 saturated carbocycles. The number of nitrogens with zero attached hydrogens (tertiary/aromatic N) is 4. The molecule has 2 aromatic rings. The van der Waals surface area contributed by atoms with E-state index in [0.29, 0.717) is 0 Å². The largest absolute Gasteiger partial charge is 0.373 e. The van der Waals surface area contributed by atoms with Crippen LogP contribution in [0.15, 0.2) is 18.6 Å². The molecule has 0 bridgehead atoms. The van der Waals surface area contributed by atoms with Crippen molar-refractivity contribution in [3.8, 4) is 11.4 Å². The molecule has 0 aliphatic rings. The summed E-state index contributed by atoms with van der Waals surface area (Å²) < 4.78 is 1.77. The third-order valence-corrected chi connectivity index (χ3v) is 2.49. The van der Waals surface area contributed by atoms with Crippen molar-refractivity contribution in [2.45, 2.75) is 13.3 Å². The van der Waals surface area contributed by atoms with E-state index in [1.807, 2.05) is 26.4 Å². The van der Waals surface area contributed by atoms with Gasteiger partial charge in [-0.15, -0.1) is 0 Å². The summed E-state index contributed by atoms with van der Waals surface area (Å²) in [6.45, 7) is 2.09. The Morgan fingerprint density at radius 3 is 2.75 bits per heavy atom. The molecule has 2 rings (SSSR count). The number of rotatable bonds is 3. The molecule has 0 unspecified atom stereocenters. The molecule has 5 nitrogen and oxygen atoms in total. The van der Waals surface area contributed by atoms with Gasteiger partial charge in [-0.1, -0.05) is 6.92 Å². The standard InChI is InChI=1S/C11H15N5/c1-4-8-10(9-5-6-16(3)15-9)13-7-14-11(8)12-2/h5-7H,4H2,1-3H3,(H,12,13,14). The molecule has 0 spiro atoms. The van der Waals surface area contributed by atoms with Crippen molar-refractivity contribution in [1.29, 1.82) is 0 Å². The fourth-order valence-electron chi connectivity index (χ4n) is 1.72. The Morgan fingerprint density at radius 1 is 1.38 bits per heavy atom. The maximum atomic E-state index is 4.36. The lowest BCUT2D eigenvalue weighted by Gasteiger charge is -2.08. The predicted molar refractivity (Wildman–Crippen MR) is 63.2 cm³/mol. The summed E-state index contributed by atoms with van der Waals surface area (Å²) in [5, 5.41) is 7.44. The maximum Gasteiger partial charge on any atom is 0.132 e. The predicted octanol–water partition coefficient (Wildman–Crippen LogP) is 1.48. The molecule has 0 aliphatic heterocycles. The van der Waals surface area contributed by atoms with Crippen LogP contribution in [0.5, 0.6) is 0 Å². The molecule has 16 heavy (non-hydrogen) atoms. The average molecular weight is 217 g/mol. The van der Waals surface area contributed by atoms with Crippen LogP contribution in [-0.4, -0.2) is 26.8 Å². The Morgan fingerprint density at radius 2 is 2.19 bits per heavy atom. The number of hydrogen-bond acceptors (Lipinski definition) is 4. The summed E-state index contributed by atoms with van der Waals surface area (Å²) in [5.41, 5.74) is 2.89. The molecular weight excluding hydrogens is 202 g/mol. The van der Waals surface area contributed by atoms with Gasteiger partial charge in [0.2, 0.25) is 0 Å². The Kier molecular flexibility index (Phi) is 2.85. The zero-order chi connectivity index (χ0) is 11.5. The molecule has 2 aromatic heterocycles. The molecule has 1 N–H and O–H groups in total. The number of nitrogens with one attached hydrogen (secondary N) is 1. The third-order valence-electron chi connectivity index (χ3n) is 2.49. The van der Waals surface area contributed by atoms with Crippen molar-refractivity contribution >= 4 is 5.82 Å². The van der Waals surface area contributed by atoms with E-state index < -0.39 is 0 Å². The van der Waals surface area contributed by atoms with Gasteiger partial charge in [-0.2, -0.15) is 5.10 Å². The topological polar surface area (TPSA) is 55.6 Å². The Bertz CT molecular complexity index is 489. The smallest absolute Gasteiger partial charge is 0.132 e. The van der Waals surface area contributed by atoms with E-state index in [-0.39, 0.29) is 0 Å². The molecule has 5 heteroatoms. The van der Waals surface area contributed by atoms with Gasteiger partial charge >= 0.3 is 0 Å². The lowest BCUT2D eigenvalue weighted by atomic mass is 10.1. The molecule has 0 atom stereocenters. The summed E-state index contributed by atoms with van der Waals surface area (Å²) >= 11 is 0. The van der Waals surface area contributed by atoms with E-state index in [0.717, 1.165) is 29.2 Å². The minimum atomic E-state index is 0.873. The van der Waals surface area contributed by atoms with Crippen molar-refractivity contribution in [2.24, 2.45) is 7.05 Å². The van der Waals surface area contributed by atoms with Gasteiger partial charge in [-0.3, -0.25) is 4.68 Å². The van der Waals surface area contributed by atoms with Crippen molar-refractivity contribution in [2.75, 3.05) is 12.4 Å². The van der Waals surface area contributed by atoms with Gasteiger partial charge in [0.05, 0.1) is 5.69 Å². The summed E-state index contributed by atoms with van der Waals surface area (Å²) in [5.74, 6) is 0.873. The molecular formula is C11H15N5. The van der Waals surface area contributed by atoms with Gasteiger partial charge in [0.15, 0.2) is 0 Å². The van der Waals surface area contributed by atoms with Gasteiger partial charge in [-0.25, -0.2) is 9.97 Å². The van der Waals surface area contributed by atoms with E-state index in [1.165, 1.54) is 0 Å². The maximum absolute atomic E-state index is 4.36. The van der Waals surface area contributed by atoms with Crippen LogP contribution in [0.2, 0.25) is 0 Å². The van der Waals surface area contributed by atoms with E-state index >= 15 is 0 Å². The number of aromatic nitrogens is 4. The van der Waals surface area contributed by atoms with Crippen LogP contribution in [-0.2, 0) is 13.5 Å². The molecule has 84 valence electrons. The SMILES string of the molecule is CCc1c(NC)ncnc1-c1ccn(C)n1. The number of aryl methyl sites for hydroxylation is 1. The van der Waals surface area contributed by atoms with Crippen LogP contribution in [0.1, 0.15) is 12.5 Å². The average Bonchev–Trinajstić information content (AvgIpc) is 2.74. The zero-order valence-corrected chi connectivity index (χ0v) is 9.73. The first kappa shape index (κ1) is 10.6. The highest BCUT2D eigenvalue weighted by Crippen LogP contribution is 2.24. The third kappa shape index (κ3) is 1.76. The summed E-state index contributed by atoms with van der Waals surface area (Å²) in [7, 11) is 3.76. The molecule has 0 saturated heterocycles. The second-order valence-corrected chi connectivity index (χ2v) is 3.53. The fraction of sp³-hybridized carbons (Fsp3) is 0.364. The first-order valence-electron chi connectivity index (χ1n) is 5.28. The zero-order valence-electron chi connectivity index (χ0n) is 9.73. The van der Waals surface area contributed by atoms with Crippen molar-refractivity contribution in [1.82, 2.24) is 19.7 Å². The van der Waals surface area contributed by atoms with Gasteiger partial charge in [0.1, 0.15) is 17.8 Å². The molecule has 2 heterocycles. The van der Waals surface area contributed by atoms with E-state index in [2.05, 4.69) is 27.3 Å². The van der Waals surface area contributed by atoms with Crippen molar-refractivity contribution in [3.63, 3.8) is 0 Å². The Labute approximate surface area is 94.5 Å². The second-order valence-electron chi connectivity index (χ2n) is 3.53. The van der Waals surface area contributed by atoms with Gasteiger partial charge < -0.3 is 5.32 Å². The Hall–Kier alpha value is -1.91. The van der Waals surface area contributed by atoms with Crippen LogP contribution >= 0.6 is 0 Å². The van der Waals surface area contributed by atoms with E-state index in [1.54, 1.807) is 11.0 Å². The molecule has 0 amide bonds. The van der Waals surface area contributed by atoms with Crippen LogP contribution < -0.4 is 5.32 Å². The monoisotopic (exact) mass is 217 g/mol. The normalized spacial score (nSPS) is 10.4.